The number of piperidine rings is 1. The Hall–Kier alpha value is -3.60. The summed E-state index contributed by atoms with van der Waals surface area (Å²) in [7, 11) is 1.71. The monoisotopic (exact) mass is 570 g/mol. The second-order valence-electron chi connectivity index (χ2n) is 12.7. The molecule has 1 unspecified atom stereocenters. The number of phenolic OH excluding ortho intramolecular Hbond substituents is 1. The van der Waals surface area contributed by atoms with Crippen LogP contribution < -0.4 is 21.7 Å². The van der Waals surface area contributed by atoms with E-state index < -0.39 is 0 Å². The third-order valence-corrected chi connectivity index (χ3v) is 10.1. The smallest absolute Gasteiger partial charge is 0.225 e. The summed E-state index contributed by atoms with van der Waals surface area (Å²) in [5.74, 6) is 1.88. The van der Waals surface area contributed by atoms with Crippen LogP contribution in [0.25, 0.3) is 11.8 Å². The van der Waals surface area contributed by atoms with E-state index in [2.05, 4.69) is 20.1 Å². The number of H-pyrrole nitrogens is 1. The number of nitrogens with one attached hydrogen (secondary N) is 2. The van der Waals surface area contributed by atoms with Crippen LogP contribution >= 0.6 is 0 Å². The highest BCUT2D eigenvalue weighted by atomic mass is 16.5. The molecule has 4 aliphatic rings. The van der Waals surface area contributed by atoms with Crippen LogP contribution in [0.3, 0.4) is 0 Å². The van der Waals surface area contributed by atoms with Crippen molar-refractivity contribution < 1.29 is 9.84 Å². The van der Waals surface area contributed by atoms with E-state index in [0.29, 0.717) is 41.0 Å². The molecular weight excluding hydrogens is 528 g/mol. The first-order chi connectivity index (χ1) is 20.4. The van der Waals surface area contributed by atoms with Gasteiger partial charge in [-0.3, -0.25) is 0 Å². The van der Waals surface area contributed by atoms with Gasteiger partial charge in [-0.2, -0.15) is 0 Å². The van der Waals surface area contributed by atoms with Gasteiger partial charge in [-0.05, 0) is 73.9 Å². The lowest BCUT2D eigenvalue weighted by atomic mass is 9.61. The summed E-state index contributed by atoms with van der Waals surface area (Å²) in [6.45, 7) is 5.96. The van der Waals surface area contributed by atoms with Crippen LogP contribution in [0, 0.1) is 5.41 Å². The molecule has 10 heteroatoms. The fourth-order valence-electron chi connectivity index (χ4n) is 7.66. The Labute approximate surface area is 247 Å². The summed E-state index contributed by atoms with van der Waals surface area (Å²) < 4.78 is 5.70. The highest BCUT2D eigenvalue weighted by Crippen LogP contribution is 2.47. The highest BCUT2D eigenvalue weighted by molar-refractivity contribution is 5.86. The maximum Gasteiger partial charge on any atom is 0.225 e. The first-order valence-corrected chi connectivity index (χ1v) is 15.2. The second kappa shape index (κ2) is 10.9. The minimum Gasteiger partial charge on any atom is -0.507 e. The van der Waals surface area contributed by atoms with Crippen LogP contribution in [0.15, 0.2) is 36.7 Å². The molecule has 7 rings (SSSR count). The van der Waals surface area contributed by atoms with Gasteiger partial charge in [0.1, 0.15) is 11.6 Å². The summed E-state index contributed by atoms with van der Waals surface area (Å²) in [6.07, 6.45) is 11.7. The zero-order valence-corrected chi connectivity index (χ0v) is 24.4. The fraction of sp³-hybridized carbons (Fsp3) is 0.500. The summed E-state index contributed by atoms with van der Waals surface area (Å²) in [6, 6.07) is 7.69. The van der Waals surface area contributed by atoms with Crippen molar-refractivity contribution in [3.8, 4) is 5.75 Å². The number of rotatable bonds is 7. The molecule has 1 atom stereocenters. The number of hydrogen-bond acceptors (Lipinski definition) is 9. The molecule has 2 saturated heterocycles. The third kappa shape index (κ3) is 4.81. The molecule has 2 aromatic heterocycles. The molecule has 1 saturated carbocycles. The maximum atomic E-state index is 10.3. The van der Waals surface area contributed by atoms with E-state index in [9.17, 15) is 5.11 Å². The van der Waals surface area contributed by atoms with E-state index in [1.165, 1.54) is 57.4 Å². The van der Waals surface area contributed by atoms with Gasteiger partial charge in [-0.1, -0.05) is 12.1 Å². The van der Waals surface area contributed by atoms with E-state index in [0.717, 1.165) is 35.8 Å². The van der Waals surface area contributed by atoms with E-state index in [4.69, 9.17) is 26.2 Å². The molecule has 0 bridgehead atoms. The van der Waals surface area contributed by atoms with Gasteiger partial charge in [-0.15, -0.1) is 0 Å². The molecule has 10 nitrogen and oxygen atoms in total. The van der Waals surface area contributed by atoms with Crippen molar-refractivity contribution in [1.29, 1.82) is 0 Å². The summed E-state index contributed by atoms with van der Waals surface area (Å²) in [5.41, 5.74) is 18.7. The predicted molar refractivity (Wildman–Crippen MR) is 165 cm³/mol. The number of nitrogens with two attached hydrogens (primary N) is 2. The maximum absolute atomic E-state index is 10.3. The van der Waals surface area contributed by atoms with E-state index >= 15 is 0 Å². The first kappa shape index (κ1) is 27.2. The van der Waals surface area contributed by atoms with Gasteiger partial charge in [0.05, 0.1) is 12.6 Å². The van der Waals surface area contributed by atoms with Crippen molar-refractivity contribution in [2.75, 3.05) is 57.1 Å². The molecule has 1 aromatic carbocycles. The largest absolute Gasteiger partial charge is 0.507 e. The normalized spacial score (nSPS) is 23.0. The van der Waals surface area contributed by atoms with Crippen LogP contribution in [-0.2, 0) is 11.2 Å². The lowest BCUT2D eigenvalue weighted by Gasteiger charge is -2.58. The molecule has 42 heavy (non-hydrogen) atoms. The molecular formula is C32H42N8O2. The number of likely N-dealkylation sites (tertiary alicyclic amines) is 1. The number of anilines is 2. The zero-order chi connectivity index (χ0) is 28.8. The second-order valence-corrected chi connectivity index (χ2v) is 12.7. The van der Waals surface area contributed by atoms with Crippen molar-refractivity contribution in [1.82, 2.24) is 25.2 Å². The number of nitrogen functional groups attached to an aromatic ring is 1. The molecule has 1 aliphatic carbocycles. The SMILES string of the molecule is COCC1c2c([nH]c(N)c2/C=C(\N)c2ccccc2O)CCN1c1ncc(C2CCN(C3CC4(CNC4)C3)CC2)cn1. The Morgan fingerprint density at radius 2 is 1.88 bits per heavy atom. The van der Waals surface area contributed by atoms with E-state index in [1.54, 1.807) is 25.3 Å². The fourth-order valence-corrected chi connectivity index (χ4v) is 7.66. The first-order valence-electron chi connectivity index (χ1n) is 15.2. The van der Waals surface area contributed by atoms with Gasteiger partial charge in [-0.25, -0.2) is 9.97 Å². The number of aromatic nitrogens is 3. The summed E-state index contributed by atoms with van der Waals surface area (Å²) in [4.78, 5) is 18.1. The van der Waals surface area contributed by atoms with Crippen LogP contribution in [0.5, 0.6) is 5.75 Å². The topological polar surface area (TPSA) is 142 Å². The molecule has 3 aromatic rings. The molecule has 7 N–H and O–H groups in total. The molecule has 0 amide bonds. The van der Waals surface area contributed by atoms with Gasteiger partial charge in [0, 0.05) is 79.7 Å². The number of para-hydroxylation sites is 1. The number of benzene rings is 1. The lowest BCUT2D eigenvalue weighted by molar-refractivity contribution is -0.0432. The van der Waals surface area contributed by atoms with E-state index in [-0.39, 0.29) is 11.8 Å². The van der Waals surface area contributed by atoms with E-state index in [1.807, 2.05) is 24.5 Å². The Morgan fingerprint density at radius 3 is 2.55 bits per heavy atom. The number of nitrogens with zero attached hydrogens (tertiary/aromatic N) is 4. The van der Waals surface area contributed by atoms with Crippen molar-refractivity contribution in [3.63, 3.8) is 0 Å². The summed E-state index contributed by atoms with van der Waals surface area (Å²) in [5, 5.41) is 13.8. The number of phenols is 1. The number of aromatic hydroxyl groups is 1. The van der Waals surface area contributed by atoms with Crippen LogP contribution in [0.2, 0.25) is 0 Å². The number of hydrogen-bond donors (Lipinski definition) is 5. The van der Waals surface area contributed by atoms with Gasteiger partial charge < -0.3 is 41.4 Å². The van der Waals surface area contributed by atoms with Crippen LogP contribution in [-0.4, -0.2) is 77.4 Å². The van der Waals surface area contributed by atoms with Crippen LogP contribution in [0.4, 0.5) is 11.8 Å². The Balaban J connectivity index is 1.07. The number of ether oxygens (including phenoxy) is 1. The number of methoxy groups -OCH3 is 1. The van der Waals surface area contributed by atoms with Crippen molar-refractivity contribution in [2.45, 2.75) is 50.1 Å². The molecule has 222 valence electrons. The molecule has 3 aliphatic heterocycles. The minimum absolute atomic E-state index is 0.131. The average Bonchev–Trinajstić information content (AvgIpc) is 3.27. The number of fused-ring (bicyclic) bond motifs is 1. The van der Waals surface area contributed by atoms with Crippen molar-refractivity contribution in [2.24, 2.45) is 11.1 Å². The minimum atomic E-state index is -0.138. The van der Waals surface area contributed by atoms with Crippen LogP contribution in [0.1, 0.15) is 65.6 Å². The molecule has 0 radical (unpaired) electrons. The number of aromatic amines is 1. The Morgan fingerprint density at radius 1 is 1.14 bits per heavy atom. The quantitative estimate of drug-likeness (QED) is 0.289. The highest BCUT2D eigenvalue weighted by Gasteiger charge is 2.50. The molecule has 1 spiro atoms. The predicted octanol–water partition coefficient (Wildman–Crippen LogP) is 3.23. The van der Waals surface area contributed by atoms with Crippen molar-refractivity contribution in [3.05, 3.63) is 64.6 Å². The van der Waals surface area contributed by atoms with Gasteiger partial charge in [0.25, 0.3) is 0 Å². The third-order valence-electron chi connectivity index (χ3n) is 10.1. The molecule has 3 fully saturated rings. The average molecular weight is 571 g/mol. The summed E-state index contributed by atoms with van der Waals surface area (Å²) >= 11 is 0. The lowest BCUT2D eigenvalue weighted by Crippen LogP contribution is -2.65. The Kier molecular flexibility index (Phi) is 7.08. The van der Waals surface area contributed by atoms with Gasteiger partial charge in [0.15, 0.2) is 0 Å². The van der Waals surface area contributed by atoms with Crippen molar-refractivity contribution >= 4 is 23.5 Å². The molecule has 5 heterocycles. The zero-order valence-electron chi connectivity index (χ0n) is 24.4. The standard InChI is InChI=1S/C32H42N8O2/c1-42-17-27-29-24(12-25(33)23-4-2-3-5-28(23)41)30(34)38-26(29)8-11-40(27)31-36-15-21(16-37-31)20-6-9-39(10-7-20)22-13-32(14-22)18-35-19-32/h2-5,12,15-16,20,22,27,35,38,41H,6-11,13-14,17-19,33-34H2,1H3/b25-12-. The Bertz CT molecular complexity index is 1450. The van der Waals surface area contributed by atoms with Gasteiger partial charge in [0.2, 0.25) is 5.95 Å². The van der Waals surface area contributed by atoms with Gasteiger partial charge >= 0.3 is 0 Å².